The second-order valence-corrected chi connectivity index (χ2v) is 6.62. The molecule has 1 aromatic heterocycles. The van der Waals surface area contributed by atoms with Crippen LogP contribution in [0.4, 0.5) is 5.69 Å². The van der Waals surface area contributed by atoms with E-state index in [-0.39, 0.29) is 5.91 Å². The zero-order valence-corrected chi connectivity index (χ0v) is 16.5. The number of aryl methyl sites for hydroxylation is 1. The van der Waals surface area contributed by atoms with Crippen LogP contribution >= 0.6 is 0 Å². The van der Waals surface area contributed by atoms with Gasteiger partial charge >= 0.3 is 0 Å². The standard InChI is InChI=1S/C20H34N2O3/c1-6-9-10-13-20(5,25-15-8-3)19(23)22-17-11-12-18(21-16(17)4)24-14-7-2/h11-12H,6-10,13-15H2,1-5H3,(H,22,23)/t20-/m0/s1. The molecule has 0 aromatic carbocycles. The predicted octanol–water partition coefficient (Wildman–Crippen LogP) is 4.88. The Morgan fingerprint density at radius 1 is 1.12 bits per heavy atom. The molecular formula is C20H34N2O3. The van der Waals surface area contributed by atoms with Gasteiger partial charge in [0, 0.05) is 12.7 Å². The molecule has 0 aliphatic heterocycles. The lowest BCUT2D eigenvalue weighted by Crippen LogP contribution is -2.43. The topological polar surface area (TPSA) is 60.5 Å². The molecule has 0 radical (unpaired) electrons. The van der Waals surface area contributed by atoms with E-state index in [1.807, 2.05) is 26.8 Å². The summed E-state index contributed by atoms with van der Waals surface area (Å²) < 4.78 is 11.5. The number of hydrogen-bond donors (Lipinski definition) is 1. The SMILES string of the molecule is CCCCC[C@](C)(OCCC)C(=O)Nc1ccc(OCCC)nc1C. The van der Waals surface area contributed by atoms with E-state index in [0.29, 0.717) is 24.8 Å². The number of amides is 1. The third-order valence-electron chi connectivity index (χ3n) is 4.12. The smallest absolute Gasteiger partial charge is 0.256 e. The first-order valence-corrected chi connectivity index (χ1v) is 9.52. The van der Waals surface area contributed by atoms with Crippen molar-refractivity contribution in [2.45, 2.75) is 78.7 Å². The summed E-state index contributed by atoms with van der Waals surface area (Å²) >= 11 is 0. The molecule has 0 spiro atoms. The largest absolute Gasteiger partial charge is 0.478 e. The van der Waals surface area contributed by atoms with Crippen molar-refractivity contribution in [2.75, 3.05) is 18.5 Å². The van der Waals surface area contributed by atoms with Crippen LogP contribution in [0.3, 0.4) is 0 Å². The molecule has 1 N–H and O–H groups in total. The molecule has 142 valence electrons. The first-order valence-electron chi connectivity index (χ1n) is 9.52. The third-order valence-corrected chi connectivity index (χ3v) is 4.12. The Bertz CT molecular complexity index is 534. The highest BCUT2D eigenvalue weighted by molar-refractivity contribution is 5.97. The summed E-state index contributed by atoms with van der Waals surface area (Å²) in [4.78, 5) is 17.3. The lowest BCUT2D eigenvalue weighted by Gasteiger charge is -2.29. The summed E-state index contributed by atoms with van der Waals surface area (Å²) in [7, 11) is 0. The highest BCUT2D eigenvalue weighted by Gasteiger charge is 2.33. The number of pyridine rings is 1. The van der Waals surface area contributed by atoms with Crippen LogP contribution in [0.5, 0.6) is 5.88 Å². The lowest BCUT2D eigenvalue weighted by molar-refractivity contribution is -0.140. The lowest BCUT2D eigenvalue weighted by atomic mass is 9.96. The first kappa shape index (κ1) is 21.4. The third kappa shape index (κ3) is 7.02. The number of nitrogens with zero attached hydrogens (tertiary/aromatic N) is 1. The molecular weight excluding hydrogens is 316 g/mol. The number of rotatable bonds is 12. The molecule has 0 aliphatic carbocycles. The van der Waals surface area contributed by atoms with Crippen molar-refractivity contribution in [2.24, 2.45) is 0 Å². The fourth-order valence-electron chi connectivity index (χ4n) is 2.50. The van der Waals surface area contributed by atoms with Gasteiger partial charge < -0.3 is 14.8 Å². The Balaban J connectivity index is 2.80. The average Bonchev–Trinajstić information content (AvgIpc) is 2.60. The summed E-state index contributed by atoms with van der Waals surface area (Å²) in [5.41, 5.74) is 0.638. The zero-order chi connectivity index (χ0) is 18.7. The number of anilines is 1. The average molecular weight is 351 g/mol. The Labute approximate surface area is 152 Å². The number of carbonyl (C=O) groups is 1. The maximum Gasteiger partial charge on any atom is 0.256 e. The van der Waals surface area contributed by atoms with Crippen LogP contribution < -0.4 is 10.1 Å². The predicted molar refractivity (Wildman–Crippen MR) is 102 cm³/mol. The van der Waals surface area contributed by atoms with E-state index in [1.165, 1.54) is 0 Å². The number of carbonyl (C=O) groups excluding carboxylic acids is 1. The highest BCUT2D eigenvalue weighted by atomic mass is 16.5. The second-order valence-electron chi connectivity index (χ2n) is 6.62. The highest BCUT2D eigenvalue weighted by Crippen LogP contribution is 2.24. The van der Waals surface area contributed by atoms with Crippen LogP contribution in [-0.2, 0) is 9.53 Å². The Morgan fingerprint density at radius 3 is 2.44 bits per heavy atom. The minimum atomic E-state index is -0.811. The number of hydrogen-bond acceptors (Lipinski definition) is 4. The van der Waals surface area contributed by atoms with E-state index in [1.54, 1.807) is 6.07 Å². The molecule has 0 fully saturated rings. The van der Waals surface area contributed by atoms with E-state index in [2.05, 4.69) is 24.1 Å². The maximum atomic E-state index is 12.8. The molecule has 1 aromatic rings. The molecule has 1 rings (SSSR count). The molecule has 1 atom stereocenters. The van der Waals surface area contributed by atoms with E-state index < -0.39 is 5.60 Å². The van der Waals surface area contributed by atoms with Gasteiger partial charge in [-0.05, 0) is 39.2 Å². The van der Waals surface area contributed by atoms with Gasteiger partial charge in [0.2, 0.25) is 5.88 Å². The minimum Gasteiger partial charge on any atom is -0.478 e. The minimum absolute atomic E-state index is 0.107. The van der Waals surface area contributed by atoms with Crippen molar-refractivity contribution in [1.82, 2.24) is 4.98 Å². The Morgan fingerprint density at radius 2 is 1.84 bits per heavy atom. The van der Waals surface area contributed by atoms with Gasteiger partial charge in [0.05, 0.1) is 18.0 Å². The van der Waals surface area contributed by atoms with Crippen LogP contribution in [-0.4, -0.2) is 29.7 Å². The van der Waals surface area contributed by atoms with Gasteiger partial charge in [0.15, 0.2) is 0 Å². The molecule has 0 saturated carbocycles. The van der Waals surface area contributed by atoms with Crippen LogP contribution in [0.15, 0.2) is 12.1 Å². The van der Waals surface area contributed by atoms with Crippen molar-refractivity contribution >= 4 is 11.6 Å². The van der Waals surface area contributed by atoms with Crippen LogP contribution in [0.2, 0.25) is 0 Å². The zero-order valence-electron chi connectivity index (χ0n) is 16.5. The number of ether oxygens (including phenoxy) is 2. The van der Waals surface area contributed by atoms with Crippen molar-refractivity contribution in [3.8, 4) is 5.88 Å². The fourth-order valence-corrected chi connectivity index (χ4v) is 2.50. The Kier molecular flexibility index (Phi) is 9.50. The normalized spacial score (nSPS) is 13.3. The molecule has 0 saturated heterocycles. The van der Waals surface area contributed by atoms with Crippen molar-refractivity contribution in [3.63, 3.8) is 0 Å². The summed E-state index contributed by atoms with van der Waals surface area (Å²) in [5.74, 6) is 0.481. The molecule has 25 heavy (non-hydrogen) atoms. The summed E-state index contributed by atoms with van der Waals surface area (Å²) in [6, 6.07) is 3.64. The van der Waals surface area contributed by atoms with Crippen LogP contribution in [0.1, 0.15) is 71.9 Å². The number of unbranched alkanes of at least 4 members (excludes halogenated alkanes) is 2. The van der Waals surface area contributed by atoms with E-state index in [9.17, 15) is 4.79 Å². The van der Waals surface area contributed by atoms with E-state index >= 15 is 0 Å². The second kappa shape index (κ2) is 11.1. The van der Waals surface area contributed by atoms with Crippen molar-refractivity contribution < 1.29 is 14.3 Å². The molecule has 5 nitrogen and oxygen atoms in total. The van der Waals surface area contributed by atoms with Gasteiger partial charge in [-0.1, -0.05) is 40.0 Å². The van der Waals surface area contributed by atoms with Crippen molar-refractivity contribution in [3.05, 3.63) is 17.8 Å². The quantitative estimate of drug-likeness (QED) is 0.546. The fraction of sp³-hybridized carbons (Fsp3) is 0.700. The molecule has 0 bridgehead atoms. The van der Waals surface area contributed by atoms with Crippen LogP contribution in [0, 0.1) is 6.92 Å². The number of nitrogens with one attached hydrogen (secondary N) is 1. The van der Waals surface area contributed by atoms with Gasteiger partial charge in [-0.3, -0.25) is 4.79 Å². The van der Waals surface area contributed by atoms with Crippen molar-refractivity contribution in [1.29, 1.82) is 0 Å². The summed E-state index contributed by atoms with van der Waals surface area (Å²) in [6.45, 7) is 11.2. The van der Waals surface area contributed by atoms with E-state index in [0.717, 1.165) is 44.2 Å². The van der Waals surface area contributed by atoms with Gasteiger partial charge in [0.25, 0.3) is 5.91 Å². The number of aromatic nitrogens is 1. The molecule has 5 heteroatoms. The van der Waals surface area contributed by atoms with Gasteiger partial charge in [0.1, 0.15) is 5.60 Å². The molecule has 0 aliphatic rings. The van der Waals surface area contributed by atoms with Gasteiger partial charge in [-0.15, -0.1) is 0 Å². The summed E-state index contributed by atoms with van der Waals surface area (Å²) in [5, 5.41) is 2.99. The summed E-state index contributed by atoms with van der Waals surface area (Å²) in [6.07, 6.45) is 5.74. The molecule has 0 unspecified atom stereocenters. The van der Waals surface area contributed by atoms with Crippen LogP contribution in [0.25, 0.3) is 0 Å². The molecule has 1 amide bonds. The Hall–Kier alpha value is -1.62. The first-order chi connectivity index (χ1) is 12.0. The maximum absolute atomic E-state index is 12.8. The van der Waals surface area contributed by atoms with Gasteiger partial charge in [-0.25, -0.2) is 4.98 Å². The van der Waals surface area contributed by atoms with Gasteiger partial charge in [-0.2, -0.15) is 0 Å². The molecule has 1 heterocycles. The monoisotopic (exact) mass is 350 g/mol. The van der Waals surface area contributed by atoms with E-state index in [4.69, 9.17) is 9.47 Å².